The maximum atomic E-state index is 11.7. The van der Waals surface area contributed by atoms with Crippen LogP contribution >= 0.6 is 27.5 Å². The first-order valence-electron chi connectivity index (χ1n) is 6.42. The van der Waals surface area contributed by atoms with Crippen molar-refractivity contribution in [3.8, 4) is 5.75 Å². The number of ether oxygens (including phenoxy) is 1. The van der Waals surface area contributed by atoms with Gasteiger partial charge >= 0.3 is 0 Å². The minimum absolute atomic E-state index is 0.0325. The summed E-state index contributed by atoms with van der Waals surface area (Å²) in [4.78, 5) is 12.3. The zero-order chi connectivity index (χ0) is 13.7. The van der Waals surface area contributed by atoms with Crippen molar-refractivity contribution >= 4 is 33.4 Å². The van der Waals surface area contributed by atoms with Gasteiger partial charge in [0.15, 0.2) is 6.61 Å². The van der Waals surface area contributed by atoms with E-state index in [9.17, 15) is 4.79 Å². The zero-order valence-corrected chi connectivity index (χ0v) is 12.9. The summed E-state index contributed by atoms with van der Waals surface area (Å²) in [5.74, 6) is 1.11. The van der Waals surface area contributed by atoms with Crippen LogP contribution in [0.25, 0.3) is 0 Å². The van der Waals surface area contributed by atoms with Crippen LogP contribution in [0.15, 0.2) is 24.3 Å². The third kappa shape index (κ3) is 5.03. The maximum Gasteiger partial charge on any atom is 0.257 e. The summed E-state index contributed by atoms with van der Waals surface area (Å²) in [6, 6.07) is 7.04. The molecule has 3 nitrogen and oxygen atoms in total. The Kier molecular flexibility index (Phi) is 5.52. The maximum absolute atomic E-state index is 11.7. The van der Waals surface area contributed by atoms with Crippen LogP contribution in [0, 0.1) is 5.92 Å². The SMILES string of the molecule is O=C(COc1cccc(Cl)c1)NCC1CCC(Br)C1. The molecule has 1 saturated carbocycles. The van der Waals surface area contributed by atoms with Crippen molar-refractivity contribution in [3.05, 3.63) is 29.3 Å². The average Bonchev–Trinajstić information content (AvgIpc) is 2.80. The summed E-state index contributed by atoms with van der Waals surface area (Å²) >= 11 is 9.44. The molecule has 1 aromatic carbocycles. The van der Waals surface area contributed by atoms with Gasteiger partial charge in [-0.2, -0.15) is 0 Å². The molecular weight excluding hydrogens is 330 g/mol. The van der Waals surface area contributed by atoms with Gasteiger partial charge < -0.3 is 10.1 Å². The largest absolute Gasteiger partial charge is 0.484 e. The highest BCUT2D eigenvalue weighted by Gasteiger charge is 2.22. The summed E-state index contributed by atoms with van der Waals surface area (Å²) < 4.78 is 5.38. The van der Waals surface area contributed by atoms with Crippen LogP contribution in [0.1, 0.15) is 19.3 Å². The normalized spacial score (nSPS) is 22.2. The summed E-state index contributed by atoms with van der Waals surface area (Å²) in [5, 5.41) is 3.52. The molecule has 0 aliphatic heterocycles. The first kappa shape index (κ1) is 14.7. The Labute approximate surface area is 126 Å². The number of halogens is 2. The summed E-state index contributed by atoms with van der Waals surface area (Å²) in [7, 11) is 0. The summed E-state index contributed by atoms with van der Waals surface area (Å²) in [6.45, 7) is 0.768. The van der Waals surface area contributed by atoms with Gasteiger partial charge in [0.25, 0.3) is 5.91 Å². The molecule has 5 heteroatoms. The standard InChI is InChI=1S/C14H17BrClNO2/c15-11-5-4-10(6-11)8-17-14(18)9-19-13-3-1-2-12(16)7-13/h1-3,7,10-11H,4-6,8-9H2,(H,17,18). The van der Waals surface area contributed by atoms with E-state index in [1.54, 1.807) is 24.3 Å². The molecule has 1 N–H and O–H groups in total. The summed E-state index contributed by atoms with van der Waals surface area (Å²) in [6.07, 6.45) is 3.50. The minimum Gasteiger partial charge on any atom is -0.484 e. The third-order valence-electron chi connectivity index (χ3n) is 3.23. The van der Waals surface area contributed by atoms with Crippen LogP contribution in [0.5, 0.6) is 5.75 Å². The lowest BCUT2D eigenvalue weighted by atomic mass is 10.1. The van der Waals surface area contributed by atoms with Gasteiger partial charge in [-0.3, -0.25) is 4.79 Å². The number of hydrogen-bond donors (Lipinski definition) is 1. The van der Waals surface area contributed by atoms with Gasteiger partial charge in [-0.25, -0.2) is 0 Å². The van der Waals surface area contributed by atoms with Crippen LogP contribution in [-0.2, 0) is 4.79 Å². The molecule has 1 fully saturated rings. The Morgan fingerprint density at radius 2 is 2.32 bits per heavy atom. The van der Waals surface area contributed by atoms with E-state index in [1.165, 1.54) is 12.8 Å². The first-order chi connectivity index (χ1) is 9.13. The molecule has 1 aromatic rings. The van der Waals surface area contributed by atoms with Crippen LogP contribution in [0.4, 0.5) is 0 Å². The van der Waals surface area contributed by atoms with Gasteiger partial charge in [-0.1, -0.05) is 33.6 Å². The van der Waals surface area contributed by atoms with E-state index in [0.717, 1.165) is 13.0 Å². The number of alkyl halides is 1. The Bertz CT molecular complexity index is 441. The molecule has 0 spiro atoms. The molecule has 1 aliphatic rings. The van der Waals surface area contributed by atoms with Crippen molar-refractivity contribution in [3.63, 3.8) is 0 Å². The van der Waals surface area contributed by atoms with Gasteiger partial charge in [0.05, 0.1) is 0 Å². The highest BCUT2D eigenvalue weighted by Crippen LogP contribution is 2.29. The molecule has 2 rings (SSSR count). The van der Waals surface area contributed by atoms with Crippen molar-refractivity contribution in [2.24, 2.45) is 5.92 Å². The highest BCUT2D eigenvalue weighted by atomic mass is 79.9. The van der Waals surface area contributed by atoms with Crippen LogP contribution in [0.3, 0.4) is 0 Å². The van der Waals surface area contributed by atoms with Crippen molar-refractivity contribution in [2.45, 2.75) is 24.1 Å². The van der Waals surface area contributed by atoms with Crippen molar-refractivity contribution in [2.75, 3.05) is 13.2 Å². The topological polar surface area (TPSA) is 38.3 Å². The lowest BCUT2D eigenvalue weighted by Crippen LogP contribution is -2.32. The second-order valence-corrected chi connectivity index (χ2v) is 6.56. The molecule has 2 atom stereocenters. The molecule has 1 aliphatic carbocycles. The van der Waals surface area contributed by atoms with E-state index in [4.69, 9.17) is 16.3 Å². The molecule has 0 saturated heterocycles. The van der Waals surface area contributed by atoms with E-state index in [1.807, 2.05) is 0 Å². The van der Waals surface area contributed by atoms with Crippen LogP contribution in [0.2, 0.25) is 5.02 Å². The molecule has 0 bridgehead atoms. The molecule has 2 unspecified atom stereocenters. The highest BCUT2D eigenvalue weighted by molar-refractivity contribution is 9.09. The molecule has 0 radical (unpaired) electrons. The predicted octanol–water partition coefficient (Wildman–Crippen LogP) is 3.40. The number of carbonyl (C=O) groups excluding carboxylic acids is 1. The van der Waals surface area contributed by atoms with Crippen molar-refractivity contribution in [1.29, 1.82) is 0 Å². The van der Waals surface area contributed by atoms with Crippen LogP contribution < -0.4 is 10.1 Å². The monoisotopic (exact) mass is 345 g/mol. The van der Waals surface area contributed by atoms with E-state index in [0.29, 0.717) is 21.5 Å². The summed E-state index contributed by atoms with van der Waals surface area (Å²) in [5.41, 5.74) is 0. The quantitative estimate of drug-likeness (QED) is 0.830. The van der Waals surface area contributed by atoms with Crippen molar-refractivity contribution < 1.29 is 9.53 Å². The van der Waals surface area contributed by atoms with E-state index in [-0.39, 0.29) is 12.5 Å². The zero-order valence-electron chi connectivity index (χ0n) is 10.6. The number of rotatable bonds is 5. The number of benzene rings is 1. The van der Waals surface area contributed by atoms with Gasteiger partial charge in [-0.15, -0.1) is 0 Å². The van der Waals surface area contributed by atoms with Gasteiger partial charge in [0.1, 0.15) is 5.75 Å². The second kappa shape index (κ2) is 7.15. The van der Waals surface area contributed by atoms with E-state index < -0.39 is 0 Å². The first-order valence-corrected chi connectivity index (χ1v) is 7.72. The second-order valence-electron chi connectivity index (χ2n) is 4.83. The van der Waals surface area contributed by atoms with Gasteiger partial charge in [0.2, 0.25) is 0 Å². The van der Waals surface area contributed by atoms with E-state index in [2.05, 4.69) is 21.2 Å². The third-order valence-corrected chi connectivity index (χ3v) is 4.30. The molecule has 19 heavy (non-hydrogen) atoms. The smallest absolute Gasteiger partial charge is 0.257 e. The Morgan fingerprint density at radius 3 is 3.00 bits per heavy atom. The fourth-order valence-corrected chi connectivity index (χ4v) is 3.19. The molecular formula is C14H17BrClNO2. The molecule has 0 heterocycles. The molecule has 104 valence electrons. The van der Waals surface area contributed by atoms with Crippen LogP contribution in [-0.4, -0.2) is 23.9 Å². The molecule has 0 aromatic heterocycles. The lowest BCUT2D eigenvalue weighted by molar-refractivity contribution is -0.123. The fraction of sp³-hybridized carbons (Fsp3) is 0.500. The Hall–Kier alpha value is -0.740. The molecule has 1 amide bonds. The predicted molar refractivity (Wildman–Crippen MR) is 80.0 cm³/mol. The fourth-order valence-electron chi connectivity index (χ4n) is 2.21. The van der Waals surface area contributed by atoms with Gasteiger partial charge in [-0.05, 0) is 43.4 Å². The minimum atomic E-state index is -0.0852. The van der Waals surface area contributed by atoms with E-state index >= 15 is 0 Å². The average molecular weight is 347 g/mol. The Morgan fingerprint density at radius 1 is 1.47 bits per heavy atom. The number of amides is 1. The lowest BCUT2D eigenvalue weighted by Gasteiger charge is -2.11. The number of carbonyl (C=O) groups is 1. The Balaban J connectivity index is 1.67. The number of hydrogen-bond acceptors (Lipinski definition) is 2. The van der Waals surface area contributed by atoms with Crippen molar-refractivity contribution in [1.82, 2.24) is 5.32 Å². The number of nitrogens with one attached hydrogen (secondary N) is 1. The van der Waals surface area contributed by atoms with Gasteiger partial charge in [0, 0.05) is 16.4 Å².